The van der Waals surface area contributed by atoms with Crippen molar-refractivity contribution in [3.8, 4) is 0 Å². The molecule has 0 spiro atoms. The van der Waals surface area contributed by atoms with E-state index in [1.807, 2.05) is 0 Å². The lowest BCUT2D eigenvalue weighted by Crippen LogP contribution is -2.30. The van der Waals surface area contributed by atoms with Gasteiger partial charge in [-0.15, -0.1) is 0 Å². The van der Waals surface area contributed by atoms with Crippen LogP contribution in [0.4, 0.5) is 0 Å². The summed E-state index contributed by atoms with van der Waals surface area (Å²) in [7, 11) is -9.93. The van der Waals surface area contributed by atoms with Crippen LogP contribution in [-0.2, 0) is 65.4 Å². The van der Waals surface area contributed by atoms with Gasteiger partial charge in [0.25, 0.3) is 0 Å². The Balaban J connectivity index is 5.31. The van der Waals surface area contributed by atoms with E-state index in [-0.39, 0.29) is 25.7 Å². The molecule has 0 fully saturated rings. The fourth-order valence-electron chi connectivity index (χ4n) is 10.3. The van der Waals surface area contributed by atoms with E-state index in [0.717, 1.165) is 135 Å². The first-order chi connectivity index (χ1) is 45.7. The lowest BCUT2D eigenvalue weighted by atomic mass is 10.0. The SMILES string of the molecule is CC/C=C\C/C=C\C/C=C\C/C=C\CCCCCCC(=O)OCC(COP(=O)(O)OCC(O)COP(=O)(O)OCC(COC(=O)CCCCCCCCCCCCCCC)OC(=O)CCCCCCCCCCCCC)OC(=O)CCCCCCC/C=C\CCCCCC. The zero-order valence-electron chi connectivity index (χ0n) is 59.6. The van der Waals surface area contributed by atoms with Gasteiger partial charge in [-0.3, -0.25) is 37.3 Å². The first-order valence-electron chi connectivity index (χ1n) is 37.5. The first kappa shape index (κ1) is 90.8. The van der Waals surface area contributed by atoms with Gasteiger partial charge in [0.05, 0.1) is 26.4 Å². The predicted molar refractivity (Wildman–Crippen MR) is 381 cm³/mol. The summed E-state index contributed by atoms with van der Waals surface area (Å²) in [6.45, 7) is 4.74. The molecule has 0 aromatic heterocycles. The second-order valence-corrected chi connectivity index (χ2v) is 28.1. The van der Waals surface area contributed by atoms with E-state index in [9.17, 15) is 43.2 Å². The molecular weight excluding hydrogens is 1230 g/mol. The molecular formula is C75H136O17P2. The fourth-order valence-corrected chi connectivity index (χ4v) is 11.8. The molecule has 0 radical (unpaired) electrons. The van der Waals surface area contributed by atoms with Crippen molar-refractivity contribution >= 4 is 39.5 Å². The molecule has 548 valence electrons. The number of phosphoric ester groups is 2. The van der Waals surface area contributed by atoms with Gasteiger partial charge in [0, 0.05) is 25.7 Å². The van der Waals surface area contributed by atoms with Crippen LogP contribution in [-0.4, -0.2) is 96.7 Å². The summed E-state index contributed by atoms with van der Waals surface area (Å²) in [5.41, 5.74) is 0. The molecule has 0 rings (SSSR count). The Labute approximate surface area is 571 Å². The van der Waals surface area contributed by atoms with Gasteiger partial charge in [0.15, 0.2) is 12.2 Å². The van der Waals surface area contributed by atoms with Crippen LogP contribution in [0.1, 0.15) is 336 Å². The highest BCUT2D eigenvalue weighted by Crippen LogP contribution is 2.45. The van der Waals surface area contributed by atoms with Gasteiger partial charge in [0.2, 0.25) is 0 Å². The zero-order valence-corrected chi connectivity index (χ0v) is 61.4. The standard InChI is InChI=1S/C75H136O17P2/c1-5-9-13-17-21-25-29-32-33-34-35-38-41-44-48-52-56-60-73(78)86-66-71(92-75(80)62-58-54-50-46-42-37-31-27-23-19-15-11-7-3)68-90-94(83,84)88-64-69(76)63-87-93(81,82)89-67-70(91-74(79)61-57-53-49-45-39-28-24-20-16-12-8-4)65-85-72(77)59-55-51-47-43-40-36-30-26-22-18-14-10-6-2/h9,13,21,25,27,31-33,35,38,69-71,76H,5-8,10-12,14-20,22-24,26,28-30,34,36-37,39-68H2,1-4H3,(H,81,82)(H,83,84)/b13-9-,25-21-,31-27-,33-32-,38-35-. The van der Waals surface area contributed by atoms with E-state index in [1.165, 1.54) is 122 Å². The molecule has 0 aliphatic rings. The van der Waals surface area contributed by atoms with Crippen molar-refractivity contribution in [3.63, 3.8) is 0 Å². The van der Waals surface area contributed by atoms with E-state index in [1.54, 1.807) is 0 Å². The molecule has 0 aliphatic carbocycles. The average Bonchev–Trinajstić information content (AvgIpc) is 2.15. The van der Waals surface area contributed by atoms with Gasteiger partial charge in [-0.2, -0.15) is 0 Å². The number of esters is 4. The molecule has 0 aromatic rings. The third-order valence-corrected chi connectivity index (χ3v) is 17.9. The van der Waals surface area contributed by atoms with Crippen LogP contribution < -0.4 is 0 Å². The molecule has 5 unspecified atom stereocenters. The van der Waals surface area contributed by atoms with Crippen molar-refractivity contribution in [2.75, 3.05) is 39.6 Å². The van der Waals surface area contributed by atoms with Crippen LogP contribution in [0.5, 0.6) is 0 Å². The van der Waals surface area contributed by atoms with Gasteiger partial charge < -0.3 is 33.8 Å². The van der Waals surface area contributed by atoms with Gasteiger partial charge in [0.1, 0.15) is 19.3 Å². The highest BCUT2D eigenvalue weighted by atomic mass is 31.2. The van der Waals surface area contributed by atoms with Gasteiger partial charge in [-0.1, -0.05) is 281 Å². The molecule has 0 saturated carbocycles. The summed E-state index contributed by atoms with van der Waals surface area (Å²) in [5, 5.41) is 10.6. The van der Waals surface area contributed by atoms with Crippen molar-refractivity contribution in [2.45, 2.75) is 354 Å². The third kappa shape index (κ3) is 67.3. The Morgan fingerprint density at radius 1 is 0.309 bits per heavy atom. The summed E-state index contributed by atoms with van der Waals surface area (Å²) < 4.78 is 68.4. The second kappa shape index (κ2) is 68.3. The number of carbonyl (C=O) groups excluding carboxylic acids is 4. The highest BCUT2D eigenvalue weighted by molar-refractivity contribution is 7.47. The molecule has 0 amide bonds. The fraction of sp³-hybridized carbons (Fsp3) is 0.813. The van der Waals surface area contributed by atoms with Crippen LogP contribution in [0.2, 0.25) is 0 Å². The summed E-state index contributed by atoms with van der Waals surface area (Å²) in [6, 6.07) is 0. The summed E-state index contributed by atoms with van der Waals surface area (Å²) in [5.74, 6) is -2.18. The molecule has 5 atom stereocenters. The average molecular weight is 1370 g/mol. The van der Waals surface area contributed by atoms with Gasteiger partial charge in [-0.25, -0.2) is 9.13 Å². The lowest BCUT2D eigenvalue weighted by molar-refractivity contribution is -0.161. The minimum Gasteiger partial charge on any atom is -0.462 e. The topological polar surface area (TPSA) is 237 Å². The van der Waals surface area contributed by atoms with Gasteiger partial charge >= 0.3 is 39.5 Å². The Hall–Kier alpha value is -3.24. The number of rotatable bonds is 71. The molecule has 0 heterocycles. The largest absolute Gasteiger partial charge is 0.472 e. The van der Waals surface area contributed by atoms with E-state index in [2.05, 4.69) is 88.5 Å². The van der Waals surface area contributed by atoms with Crippen LogP contribution in [0.15, 0.2) is 60.8 Å². The summed E-state index contributed by atoms with van der Waals surface area (Å²) in [4.78, 5) is 72.7. The smallest absolute Gasteiger partial charge is 0.462 e. The van der Waals surface area contributed by atoms with Crippen LogP contribution in [0, 0.1) is 0 Å². The van der Waals surface area contributed by atoms with Crippen LogP contribution in [0.25, 0.3) is 0 Å². The molecule has 0 aromatic carbocycles. The van der Waals surface area contributed by atoms with Crippen molar-refractivity contribution in [3.05, 3.63) is 60.8 Å². The Bertz CT molecular complexity index is 2030. The predicted octanol–water partition coefficient (Wildman–Crippen LogP) is 21.1. The maximum Gasteiger partial charge on any atom is 0.472 e. The van der Waals surface area contributed by atoms with Crippen molar-refractivity contribution in [1.29, 1.82) is 0 Å². The molecule has 94 heavy (non-hydrogen) atoms. The third-order valence-electron chi connectivity index (χ3n) is 16.0. The molecule has 19 heteroatoms. The van der Waals surface area contributed by atoms with Gasteiger partial charge in [-0.05, 0) is 89.9 Å². The second-order valence-electron chi connectivity index (χ2n) is 25.2. The van der Waals surface area contributed by atoms with Crippen molar-refractivity contribution < 1.29 is 80.2 Å². The number of allylic oxidation sites excluding steroid dienone is 10. The van der Waals surface area contributed by atoms with Crippen LogP contribution >= 0.6 is 15.6 Å². The van der Waals surface area contributed by atoms with E-state index in [4.69, 9.17) is 37.0 Å². The van der Waals surface area contributed by atoms with E-state index < -0.39 is 97.5 Å². The first-order valence-corrected chi connectivity index (χ1v) is 40.5. The number of aliphatic hydroxyl groups excluding tert-OH is 1. The minimum absolute atomic E-state index is 0.0826. The number of hydrogen-bond acceptors (Lipinski definition) is 15. The number of unbranched alkanes of at least 4 members (excludes halogenated alkanes) is 35. The molecule has 0 aliphatic heterocycles. The maximum absolute atomic E-state index is 13.0. The normalized spacial score (nSPS) is 14.3. The molecule has 0 saturated heterocycles. The molecule has 0 bridgehead atoms. The van der Waals surface area contributed by atoms with Crippen LogP contribution in [0.3, 0.4) is 0 Å². The number of ether oxygens (including phenoxy) is 4. The maximum atomic E-state index is 13.0. The van der Waals surface area contributed by atoms with Crippen molar-refractivity contribution in [2.24, 2.45) is 0 Å². The van der Waals surface area contributed by atoms with E-state index in [0.29, 0.717) is 25.7 Å². The zero-order chi connectivity index (χ0) is 69.0. The summed E-state index contributed by atoms with van der Waals surface area (Å²) >= 11 is 0. The number of hydrogen-bond donors (Lipinski definition) is 3. The van der Waals surface area contributed by atoms with Crippen molar-refractivity contribution in [1.82, 2.24) is 0 Å². The minimum atomic E-state index is -4.97. The Morgan fingerprint density at radius 2 is 0.553 bits per heavy atom. The molecule has 3 N–H and O–H groups in total. The van der Waals surface area contributed by atoms with E-state index >= 15 is 0 Å². The number of aliphatic hydroxyl groups is 1. The number of carbonyl (C=O) groups is 4. The number of phosphoric acid groups is 2. The molecule has 17 nitrogen and oxygen atoms in total. The quantitative estimate of drug-likeness (QED) is 0.0169. The summed E-state index contributed by atoms with van der Waals surface area (Å²) in [6.07, 6.45) is 65.0. The Morgan fingerprint density at radius 3 is 0.872 bits per heavy atom. The Kier molecular flexibility index (Phi) is 65.9. The monoisotopic (exact) mass is 1370 g/mol. The highest BCUT2D eigenvalue weighted by Gasteiger charge is 2.30. The lowest BCUT2D eigenvalue weighted by Gasteiger charge is -2.21.